The molecular formula is C17H18BrNO3S. The standard InChI is InChI=1S/C17H18BrNO3S/c1-3-22-15-9-6-13(10-16(15)21-2)19-17(20)11-23-14-7-4-12(18)5-8-14/h4-10H,3,11H2,1-2H3,(H,19,20). The van der Waals surface area contributed by atoms with Crippen molar-refractivity contribution in [3.05, 3.63) is 46.9 Å². The zero-order valence-corrected chi connectivity index (χ0v) is 15.4. The number of thioether (sulfide) groups is 1. The fourth-order valence-electron chi connectivity index (χ4n) is 1.90. The van der Waals surface area contributed by atoms with Gasteiger partial charge in [-0.3, -0.25) is 4.79 Å². The zero-order chi connectivity index (χ0) is 16.7. The van der Waals surface area contributed by atoms with Crippen LogP contribution >= 0.6 is 27.7 Å². The van der Waals surface area contributed by atoms with Crippen LogP contribution in [0.4, 0.5) is 5.69 Å². The Bertz CT molecular complexity index is 661. The number of hydrogen-bond donors (Lipinski definition) is 1. The first-order chi connectivity index (χ1) is 11.1. The minimum atomic E-state index is -0.0656. The SMILES string of the molecule is CCOc1ccc(NC(=O)CSc2ccc(Br)cc2)cc1OC. The number of benzene rings is 2. The molecule has 0 aliphatic rings. The fourth-order valence-corrected chi connectivity index (χ4v) is 2.86. The van der Waals surface area contributed by atoms with Gasteiger partial charge in [0.2, 0.25) is 5.91 Å². The van der Waals surface area contributed by atoms with E-state index in [9.17, 15) is 4.79 Å². The molecular weight excluding hydrogens is 378 g/mol. The van der Waals surface area contributed by atoms with E-state index in [2.05, 4.69) is 21.2 Å². The van der Waals surface area contributed by atoms with Crippen molar-refractivity contribution in [1.82, 2.24) is 0 Å². The summed E-state index contributed by atoms with van der Waals surface area (Å²) in [5, 5.41) is 2.86. The number of anilines is 1. The number of hydrogen-bond acceptors (Lipinski definition) is 4. The molecule has 4 nitrogen and oxygen atoms in total. The maximum absolute atomic E-state index is 12.0. The van der Waals surface area contributed by atoms with E-state index in [4.69, 9.17) is 9.47 Å². The van der Waals surface area contributed by atoms with Crippen molar-refractivity contribution in [2.24, 2.45) is 0 Å². The van der Waals surface area contributed by atoms with Crippen LogP contribution in [0.2, 0.25) is 0 Å². The third-order valence-corrected chi connectivity index (χ3v) is 4.47. The first kappa shape index (κ1) is 17.7. The highest BCUT2D eigenvalue weighted by atomic mass is 79.9. The van der Waals surface area contributed by atoms with Crippen molar-refractivity contribution in [1.29, 1.82) is 0 Å². The van der Waals surface area contributed by atoms with E-state index in [1.165, 1.54) is 11.8 Å². The molecule has 0 heterocycles. The summed E-state index contributed by atoms with van der Waals surface area (Å²) in [4.78, 5) is 13.1. The Morgan fingerprint density at radius 3 is 2.57 bits per heavy atom. The Morgan fingerprint density at radius 1 is 1.17 bits per heavy atom. The maximum Gasteiger partial charge on any atom is 0.234 e. The minimum absolute atomic E-state index is 0.0656. The molecule has 0 unspecified atom stereocenters. The Morgan fingerprint density at radius 2 is 1.91 bits per heavy atom. The Labute approximate surface area is 148 Å². The molecule has 2 aromatic rings. The Hall–Kier alpha value is -1.66. The molecule has 0 fully saturated rings. The van der Waals surface area contributed by atoms with Crippen LogP contribution in [-0.2, 0) is 4.79 Å². The average Bonchev–Trinajstić information content (AvgIpc) is 2.56. The highest BCUT2D eigenvalue weighted by Crippen LogP contribution is 2.30. The molecule has 0 atom stereocenters. The van der Waals surface area contributed by atoms with Gasteiger partial charge >= 0.3 is 0 Å². The molecule has 2 aromatic carbocycles. The average molecular weight is 396 g/mol. The van der Waals surface area contributed by atoms with E-state index < -0.39 is 0 Å². The molecule has 0 saturated heterocycles. The van der Waals surface area contributed by atoms with Gasteiger partial charge in [-0.25, -0.2) is 0 Å². The summed E-state index contributed by atoms with van der Waals surface area (Å²) >= 11 is 4.88. The number of carbonyl (C=O) groups excluding carboxylic acids is 1. The van der Waals surface area contributed by atoms with Crippen LogP contribution in [-0.4, -0.2) is 25.4 Å². The van der Waals surface area contributed by atoms with Gasteiger partial charge in [-0.1, -0.05) is 15.9 Å². The molecule has 23 heavy (non-hydrogen) atoms. The topological polar surface area (TPSA) is 47.6 Å². The van der Waals surface area contributed by atoms with E-state index in [0.29, 0.717) is 29.5 Å². The molecule has 6 heteroatoms. The number of methoxy groups -OCH3 is 1. The predicted molar refractivity (Wildman–Crippen MR) is 97.7 cm³/mol. The lowest BCUT2D eigenvalue weighted by atomic mass is 10.2. The van der Waals surface area contributed by atoms with Gasteiger partial charge in [-0.2, -0.15) is 0 Å². The molecule has 1 N–H and O–H groups in total. The lowest BCUT2D eigenvalue weighted by molar-refractivity contribution is -0.113. The Balaban J connectivity index is 1.93. The normalized spacial score (nSPS) is 10.2. The van der Waals surface area contributed by atoms with E-state index in [-0.39, 0.29) is 5.91 Å². The number of amides is 1. The van der Waals surface area contributed by atoms with E-state index >= 15 is 0 Å². The van der Waals surface area contributed by atoms with Gasteiger partial charge in [0.15, 0.2) is 11.5 Å². The predicted octanol–water partition coefficient (Wildman–Crippen LogP) is 4.59. The second-order valence-corrected chi connectivity index (χ2v) is 6.55. The number of rotatable bonds is 7. The number of halogens is 1. The number of ether oxygens (including phenoxy) is 2. The summed E-state index contributed by atoms with van der Waals surface area (Å²) in [6.45, 7) is 2.47. The molecule has 0 aromatic heterocycles. The first-order valence-corrected chi connectivity index (χ1v) is 8.89. The van der Waals surface area contributed by atoms with Gasteiger partial charge < -0.3 is 14.8 Å². The van der Waals surface area contributed by atoms with Gasteiger partial charge in [-0.15, -0.1) is 11.8 Å². The molecule has 0 aliphatic heterocycles. The lowest BCUT2D eigenvalue weighted by Crippen LogP contribution is -2.14. The van der Waals surface area contributed by atoms with Gasteiger partial charge in [0, 0.05) is 21.1 Å². The van der Waals surface area contributed by atoms with Crippen molar-refractivity contribution in [2.75, 3.05) is 24.8 Å². The molecule has 1 amide bonds. The number of nitrogens with one attached hydrogen (secondary N) is 1. The van der Waals surface area contributed by atoms with E-state index in [1.54, 1.807) is 25.3 Å². The van der Waals surface area contributed by atoms with Crippen LogP contribution < -0.4 is 14.8 Å². The van der Waals surface area contributed by atoms with E-state index in [1.807, 2.05) is 31.2 Å². The summed E-state index contributed by atoms with van der Waals surface area (Å²) in [6.07, 6.45) is 0. The summed E-state index contributed by atoms with van der Waals surface area (Å²) in [5.74, 6) is 1.54. The van der Waals surface area contributed by atoms with Gasteiger partial charge in [0.1, 0.15) is 0 Å². The summed E-state index contributed by atoms with van der Waals surface area (Å²) in [6, 6.07) is 13.2. The third-order valence-electron chi connectivity index (χ3n) is 2.93. The molecule has 0 spiro atoms. The quantitative estimate of drug-likeness (QED) is 0.696. The monoisotopic (exact) mass is 395 g/mol. The van der Waals surface area contributed by atoms with Gasteiger partial charge in [0.25, 0.3) is 0 Å². The molecule has 0 aliphatic carbocycles. The van der Waals surface area contributed by atoms with Crippen LogP contribution in [0.1, 0.15) is 6.92 Å². The summed E-state index contributed by atoms with van der Waals surface area (Å²) < 4.78 is 11.8. The van der Waals surface area contributed by atoms with Crippen LogP contribution in [0.3, 0.4) is 0 Å². The highest BCUT2D eigenvalue weighted by molar-refractivity contribution is 9.10. The van der Waals surface area contributed by atoms with Crippen molar-refractivity contribution in [3.8, 4) is 11.5 Å². The zero-order valence-electron chi connectivity index (χ0n) is 13.0. The first-order valence-electron chi connectivity index (χ1n) is 7.11. The van der Waals surface area contributed by atoms with Crippen LogP contribution in [0, 0.1) is 0 Å². The van der Waals surface area contributed by atoms with Crippen LogP contribution in [0.5, 0.6) is 11.5 Å². The van der Waals surface area contributed by atoms with Crippen molar-refractivity contribution in [3.63, 3.8) is 0 Å². The lowest BCUT2D eigenvalue weighted by Gasteiger charge is -2.11. The Kier molecular flexibility index (Phi) is 6.80. The summed E-state index contributed by atoms with van der Waals surface area (Å²) in [5.41, 5.74) is 0.687. The largest absolute Gasteiger partial charge is 0.493 e. The van der Waals surface area contributed by atoms with Crippen LogP contribution in [0.15, 0.2) is 51.8 Å². The van der Waals surface area contributed by atoms with Crippen molar-refractivity contribution in [2.45, 2.75) is 11.8 Å². The van der Waals surface area contributed by atoms with Gasteiger partial charge in [-0.05, 0) is 43.3 Å². The summed E-state index contributed by atoms with van der Waals surface area (Å²) in [7, 11) is 1.58. The molecule has 0 radical (unpaired) electrons. The number of carbonyl (C=O) groups is 1. The van der Waals surface area contributed by atoms with E-state index in [0.717, 1.165) is 9.37 Å². The molecule has 2 rings (SSSR count). The van der Waals surface area contributed by atoms with Crippen LogP contribution in [0.25, 0.3) is 0 Å². The fraction of sp³-hybridized carbons (Fsp3) is 0.235. The van der Waals surface area contributed by atoms with Crippen molar-refractivity contribution >= 4 is 39.3 Å². The molecule has 0 saturated carbocycles. The molecule has 0 bridgehead atoms. The molecule has 122 valence electrons. The second kappa shape index (κ2) is 8.84. The second-order valence-electron chi connectivity index (χ2n) is 4.59. The highest BCUT2D eigenvalue weighted by Gasteiger charge is 2.08. The van der Waals surface area contributed by atoms with Gasteiger partial charge in [0.05, 0.1) is 19.5 Å². The minimum Gasteiger partial charge on any atom is -0.493 e. The third kappa shape index (κ3) is 5.48. The maximum atomic E-state index is 12.0. The van der Waals surface area contributed by atoms with Crippen molar-refractivity contribution < 1.29 is 14.3 Å². The smallest absolute Gasteiger partial charge is 0.234 e.